The Labute approximate surface area is 75.3 Å². The zero-order valence-corrected chi connectivity index (χ0v) is 8.21. The fourth-order valence-corrected chi connectivity index (χ4v) is 2.34. The molecule has 0 aromatic carbocycles. The summed E-state index contributed by atoms with van der Waals surface area (Å²) in [6, 6.07) is 1.69. The lowest BCUT2D eigenvalue weighted by Crippen LogP contribution is -2.48. The van der Waals surface area contributed by atoms with Gasteiger partial charge in [-0.3, -0.25) is 4.90 Å². The van der Waals surface area contributed by atoms with E-state index in [4.69, 9.17) is 0 Å². The van der Waals surface area contributed by atoms with E-state index in [1.807, 2.05) is 0 Å². The van der Waals surface area contributed by atoms with Crippen LogP contribution in [-0.2, 0) is 0 Å². The molecule has 0 aromatic rings. The zero-order chi connectivity index (χ0) is 8.55. The van der Waals surface area contributed by atoms with E-state index in [0.29, 0.717) is 0 Å². The molecule has 0 amide bonds. The summed E-state index contributed by atoms with van der Waals surface area (Å²) in [5.41, 5.74) is 0. The van der Waals surface area contributed by atoms with E-state index in [1.54, 1.807) is 0 Å². The molecule has 1 saturated heterocycles. The van der Waals surface area contributed by atoms with Gasteiger partial charge in [0.1, 0.15) is 0 Å². The summed E-state index contributed by atoms with van der Waals surface area (Å²) >= 11 is 0. The molecule has 1 aliphatic heterocycles. The van der Waals surface area contributed by atoms with Crippen LogP contribution in [0.25, 0.3) is 0 Å². The zero-order valence-electron chi connectivity index (χ0n) is 8.21. The number of hydrogen-bond donors (Lipinski definition) is 1. The molecule has 2 atom stereocenters. The van der Waals surface area contributed by atoms with Gasteiger partial charge in [0.25, 0.3) is 0 Å². The molecule has 2 aliphatic rings. The average Bonchev–Trinajstić information content (AvgIpc) is 2.85. The summed E-state index contributed by atoms with van der Waals surface area (Å²) in [6.45, 7) is 4.99. The summed E-state index contributed by atoms with van der Waals surface area (Å²) in [4.78, 5) is 2.68. The van der Waals surface area contributed by atoms with Crippen LogP contribution in [0.3, 0.4) is 0 Å². The molecule has 70 valence electrons. The van der Waals surface area contributed by atoms with Crippen LogP contribution in [-0.4, -0.2) is 37.1 Å². The Bertz CT molecular complexity index is 154. The van der Waals surface area contributed by atoms with E-state index in [1.165, 1.54) is 32.4 Å². The largest absolute Gasteiger partial charge is 0.316 e. The summed E-state index contributed by atoms with van der Waals surface area (Å²) in [5, 5.41) is 3.41. The SMILES string of the molecule is CNC1CC(C)CN(C2CC2)C1. The first-order chi connectivity index (χ1) is 5.79. The van der Waals surface area contributed by atoms with E-state index in [0.717, 1.165) is 18.0 Å². The molecule has 1 aliphatic carbocycles. The second kappa shape index (κ2) is 3.35. The van der Waals surface area contributed by atoms with Gasteiger partial charge in [0.15, 0.2) is 0 Å². The molecule has 12 heavy (non-hydrogen) atoms. The smallest absolute Gasteiger partial charge is 0.0195 e. The van der Waals surface area contributed by atoms with Crippen molar-refractivity contribution in [3.8, 4) is 0 Å². The third-order valence-corrected chi connectivity index (χ3v) is 3.16. The minimum atomic E-state index is 0.745. The van der Waals surface area contributed by atoms with E-state index in [2.05, 4.69) is 24.2 Å². The van der Waals surface area contributed by atoms with Gasteiger partial charge in [-0.1, -0.05) is 6.92 Å². The Morgan fingerprint density at radius 3 is 2.58 bits per heavy atom. The minimum Gasteiger partial charge on any atom is -0.316 e. The lowest BCUT2D eigenvalue weighted by molar-refractivity contribution is 0.145. The topological polar surface area (TPSA) is 15.3 Å². The van der Waals surface area contributed by atoms with Crippen molar-refractivity contribution in [3.63, 3.8) is 0 Å². The quantitative estimate of drug-likeness (QED) is 0.663. The number of hydrogen-bond acceptors (Lipinski definition) is 2. The maximum Gasteiger partial charge on any atom is 0.0195 e. The van der Waals surface area contributed by atoms with Crippen molar-refractivity contribution >= 4 is 0 Å². The number of piperidine rings is 1. The lowest BCUT2D eigenvalue weighted by Gasteiger charge is -2.36. The van der Waals surface area contributed by atoms with Gasteiger partial charge in [0, 0.05) is 25.2 Å². The van der Waals surface area contributed by atoms with Crippen LogP contribution in [0.4, 0.5) is 0 Å². The fourth-order valence-electron chi connectivity index (χ4n) is 2.34. The van der Waals surface area contributed by atoms with Gasteiger partial charge < -0.3 is 5.32 Å². The maximum atomic E-state index is 3.41. The molecule has 2 heteroatoms. The monoisotopic (exact) mass is 168 g/mol. The molecule has 2 unspecified atom stereocenters. The second-order valence-corrected chi connectivity index (χ2v) is 4.51. The van der Waals surface area contributed by atoms with Crippen LogP contribution in [0.15, 0.2) is 0 Å². The Morgan fingerprint density at radius 2 is 2.00 bits per heavy atom. The van der Waals surface area contributed by atoms with Crippen LogP contribution < -0.4 is 5.32 Å². The lowest BCUT2D eigenvalue weighted by atomic mass is 9.96. The highest BCUT2D eigenvalue weighted by Gasteiger charge is 2.34. The molecular formula is C10H20N2. The molecule has 2 nitrogen and oxygen atoms in total. The summed E-state index contributed by atoms with van der Waals surface area (Å²) in [5.74, 6) is 0.886. The van der Waals surface area contributed by atoms with Gasteiger partial charge in [-0.25, -0.2) is 0 Å². The van der Waals surface area contributed by atoms with E-state index in [-0.39, 0.29) is 0 Å². The van der Waals surface area contributed by atoms with Crippen molar-refractivity contribution in [1.29, 1.82) is 0 Å². The molecule has 1 heterocycles. The predicted octanol–water partition coefficient (Wildman–Crippen LogP) is 1.08. The molecule has 0 bridgehead atoms. The van der Waals surface area contributed by atoms with Crippen molar-refractivity contribution in [3.05, 3.63) is 0 Å². The molecule has 1 saturated carbocycles. The van der Waals surface area contributed by atoms with Gasteiger partial charge in [-0.2, -0.15) is 0 Å². The highest BCUT2D eigenvalue weighted by atomic mass is 15.2. The molecule has 2 rings (SSSR count). The van der Waals surface area contributed by atoms with Gasteiger partial charge in [0.05, 0.1) is 0 Å². The van der Waals surface area contributed by atoms with Crippen molar-refractivity contribution in [2.45, 2.75) is 38.3 Å². The normalized spacial score (nSPS) is 38.5. The molecule has 0 aromatic heterocycles. The third-order valence-electron chi connectivity index (χ3n) is 3.16. The molecule has 1 N–H and O–H groups in total. The Kier molecular flexibility index (Phi) is 2.37. The van der Waals surface area contributed by atoms with E-state index >= 15 is 0 Å². The number of nitrogens with one attached hydrogen (secondary N) is 1. The number of likely N-dealkylation sites (tertiary alicyclic amines) is 1. The van der Waals surface area contributed by atoms with Crippen LogP contribution in [0.5, 0.6) is 0 Å². The number of rotatable bonds is 2. The maximum absolute atomic E-state index is 3.41. The summed E-state index contributed by atoms with van der Waals surface area (Å²) < 4.78 is 0. The van der Waals surface area contributed by atoms with Crippen LogP contribution >= 0.6 is 0 Å². The van der Waals surface area contributed by atoms with Crippen molar-refractivity contribution < 1.29 is 0 Å². The average molecular weight is 168 g/mol. The molecule has 0 radical (unpaired) electrons. The first-order valence-corrected chi connectivity index (χ1v) is 5.21. The predicted molar refractivity (Wildman–Crippen MR) is 51.2 cm³/mol. The van der Waals surface area contributed by atoms with Gasteiger partial charge in [-0.05, 0) is 32.2 Å². The molecule has 2 fully saturated rings. The Balaban J connectivity index is 1.88. The summed E-state index contributed by atoms with van der Waals surface area (Å²) in [6.07, 6.45) is 4.26. The van der Waals surface area contributed by atoms with Crippen LogP contribution in [0, 0.1) is 5.92 Å². The number of nitrogens with zero attached hydrogens (tertiary/aromatic N) is 1. The standard InChI is InChI=1S/C10H20N2/c1-8-5-9(11-2)7-12(6-8)10-3-4-10/h8-11H,3-7H2,1-2H3. The third kappa shape index (κ3) is 1.80. The van der Waals surface area contributed by atoms with Gasteiger partial charge in [-0.15, -0.1) is 0 Å². The molecular weight excluding hydrogens is 148 g/mol. The summed E-state index contributed by atoms with van der Waals surface area (Å²) in [7, 11) is 2.09. The Morgan fingerprint density at radius 1 is 1.25 bits per heavy atom. The fraction of sp³-hybridized carbons (Fsp3) is 1.00. The highest BCUT2D eigenvalue weighted by Crippen LogP contribution is 2.30. The first kappa shape index (κ1) is 8.52. The Hall–Kier alpha value is -0.0800. The van der Waals surface area contributed by atoms with Crippen molar-refractivity contribution in [2.75, 3.05) is 20.1 Å². The highest BCUT2D eigenvalue weighted by molar-refractivity contribution is 4.91. The van der Waals surface area contributed by atoms with Crippen molar-refractivity contribution in [2.24, 2.45) is 5.92 Å². The number of likely N-dealkylation sites (N-methyl/N-ethyl adjacent to an activating group) is 1. The molecule has 0 spiro atoms. The van der Waals surface area contributed by atoms with Gasteiger partial charge in [0.2, 0.25) is 0 Å². The van der Waals surface area contributed by atoms with Gasteiger partial charge >= 0.3 is 0 Å². The first-order valence-electron chi connectivity index (χ1n) is 5.21. The van der Waals surface area contributed by atoms with Crippen LogP contribution in [0.1, 0.15) is 26.2 Å². The minimum absolute atomic E-state index is 0.745. The van der Waals surface area contributed by atoms with Crippen molar-refractivity contribution in [1.82, 2.24) is 10.2 Å². The second-order valence-electron chi connectivity index (χ2n) is 4.51. The van der Waals surface area contributed by atoms with E-state index < -0.39 is 0 Å². The van der Waals surface area contributed by atoms with Crippen LogP contribution in [0.2, 0.25) is 0 Å². The van der Waals surface area contributed by atoms with E-state index in [9.17, 15) is 0 Å².